The molecule has 1 rings (SSSR count). The zero-order chi connectivity index (χ0) is 9.19. The lowest BCUT2D eigenvalue weighted by molar-refractivity contribution is -0.146. The van der Waals surface area contributed by atoms with Crippen LogP contribution in [-0.2, 0) is 9.53 Å². The van der Waals surface area contributed by atoms with Gasteiger partial charge in [0.2, 0.25) is 0 Å². The normalized spacial score (nSPS) is 25.1. The van der Waals surface area contributed by atoms with Gasteiger partial charge in [-0.05, 0) is 18.3 Å². The highest BCUT2D eigenvalue weighted by molar-refractivity contribution is 9.09. The summed E-state index contributed by atoms with van der Waals surface area (Å²) >= 11 is 3.28. The van der Waals surface area contributed by atoms with E-state index in [1.54, 1.807) is 0 Å². The van der Waals surface area contributed by atoms with Crippen LogP contribution < -0.4 is 0 Å². The number of carbonyl (C=O) groups is 1. The predicted molar refractivity (Wildman–Crippen MR) is 51.3 cm³/mol. The van der Waals surface area contributed by atoms with E-state index in [4.69, 9.17) is 4.74 Å². The van der Waals surface area contributed by atoms with Crippen LogP contribution in [0.4, 0.5) is 0 Å². The molecule has 0 aliphatic heterocycles. The van der Waals surface area contributed by atoms with Crippen LogP contribution in [0.2, 0.25) is 0 Å². The molecular formula is C9H15BrO2. The first-order valence-electron chi connectivity index (χ1n) is 4.30. The Kier molecular flexibility index (Phi) is 3.16. The SMILES string of the molecule is CC1(C)CC1C(=O)OCCCBr. The van der Waals surface area contributed by atoms with Gasteiger partial charge in [-0.15, -0.1) is 0 Å². The van der Waals surface area contributed by atoms with Crippen molar-refractivity contribution >= 4 is 21.9 Å². The minimum atomic E-state index is -0.0130. The maximum Gasteiger partial charge on any atom is 0.309 e. The van der Waals surface area contributed by atoms with Crippen LogP contribution in [0.15, 0.2) is 0 Å². The number of halogens is 1. The molecule has 70 valence electrons. The van der Waals surface area contributed by atoms with E-state index in [1.165, 1.54) is 0 Å². The quantitative estimate of drug-likeness (QED) is 0.424. The maximum absolute atomic E-state index is 11.3. The Bertz CT molecular complexity index is 177. The Labute approximate surface area is 81.8 Å². The minimum absolute atomic E-state index is 0.0130. The molecule has 0 aromatic carbocycles. The number of hydrogen-bond acceptors (Lipinski definition) is 2. The van der Waals surface area contributed by atoms with Crippen molar-refractivity contribution in [1.82, 2.24) is 0 Å². The molecule has 3 heteroatoms. The first-order chi connectivity index (χ1) is 5.58. The first-order valence-corrected chi connectivity index (χ1v) is 5.42. The second-order valence-electron chi connectivity index (χ2n) is 3.96. The van der Waals surface area contributed by atoms with E-state index in [9.17, 15) is 4.79 Å². The van der Waals surface area contributed by atoms with Crippen molar-refractivity contribution in [3.8, 4) is 0 Å². The number of rotatable bonds is 4. The van der Waals surface area contributed by atoms with E-state index in [1.807, 2.05) is 0 Å². The van der Waals surface area contributed by atoms with Gasteiger partial charge in [0.15, 0.2) is 0 Å². The summed E-state index contributed by atoms with van der Waals surface area (Å²) in [6.45, 7) is 4.75. The third kappa shape index (κ3) is 2.47. The predicted octanol–water partition coefficient (Wildman–Crippen LogP) is 2.36. The molecule has 1 fully saturated rings. The molecule has 2 nitrogen and oxygen atoms in total. The van der Waals surface area contributed by atoms with E-state index in [0.717, 1.165) is 18.2 Å². The van der Waals surface area contributed by atoms with Gasteiger partial charge in [-0.25, -0.2) is 0 Å². The average Bonchev–Trinajstić information content (AvgIpc) is 2.60. The Morgan fingerprint density at radius 2 is 2.25 bits per heavy atom. The van der Waals surface area contributed by atoms with Crippen LogP contribution in [0.25, 0.3) is 0 Å². The number of carbonyl (C=O) groups excluding carboxylic acids is 1. The summed E-state index contributed by atoms with van der Waals surface area (Å²) in [6.07, 6.45) is 1.89. The van der Waals surface area contributed by atoms with Crippen molar-refractivity contribution in [3.05, 3.63) is 0 Å². The summed E-state index contributed by atoms with van der Waals surface area (Å²) in [6, 6.07) is 0. The lowest BCUT2D eigenvalue weighted by Crippen LogP contribution is -2.11. The number of hydrogen-bond donors (Lipinski definition) is 0. The zero-order valence-electron chi connectivity index (χ0n) is 7.60. The monoisotopic (exact) mass is 234 g/mol. The van der Waals surface area contributed by atoms with Crippen LogP contribution >= 0.6 is 15.9 Å². The minimum Gasteiger partial charge on any atom is -0.465 e. The van der Waals surface area contributed by atoms with E-state index in [-0.39, 0.29) is 17.3 Å². The van der Waals surface area contributed by atoms with Crippen molar-refractivity contribution in [2.45, 2.75) is 26.7 Å². The highest BCUT2D eigenvalue weighted by Crippen LogP contribution is 2.52. The number of esters is 1. The van der Waals surface area contributed by atoms with Crippen LogP contribution in [0.1, 0.15) is 26.7 Å². The topological polar surface area (TPSA) is 26.3 Å². The van der Waals surface area contributed by atoms with Crippen LogP contribution in [0, 0.1) is 11.3 Å². The molecule has 0 saturated heterocycles. The fraction of sp³-hybridized carbons (Fsp3) is 0.889. The van der Waals surface area contributed by atoms with E-state index >= 15 is 0 Å². The molecule has 1 saturated carbocycles. The molecule has 0 spiro atoms. The van der Waals surface area contributed by atoms with Crippen LogP contribution in [0.5, 0.6) is 0 Å². The second kappa shape index (κ2) is 3.77. The third-order valence-corrected chi connectivity index (χ3v) is 2.88. The van der Waals surface area contributed by atoms with Crippen molar-refractivity contribution in [1.29, 1.82) is 0 Å². The highest BCUT2D eigenvalue weighted by atomic mass is 79.9. The molecule has 0 amide bonds. The zero-order valence-corrected chi connectivity index (χ0v) is 9.19. The molecular weight excluding hydrogens is 220 g/mol. The van der Waals surface area contributed by atoms with Gasteiger partial charge >= 0.3 is 5.97 Å². The van der Waals surface area contributed by atoms with Gasteiger partial charge in [-0.1, -0.05) is 29.8 Å². The molecule has 1 aliphatic carbocycles. The van der Waals surface area contributed by atoms with E-state index in [0.29, 0.717) is 6.61 Å². The van der Waals surface area contributed by atoms with E-state index in [2.05, 4.69) is 29.8 Å². The third-order valence-electron chi connectivity index (χ3n) is 2.32. The van der Waals surface area contributed by atoms with Crippen molar-refractivity contribution in [2.24, 2.45) is 11.3 Å². The number of ether oxygens (including phenoxy) is 1. The Morgan fingerprint density at radius 3 is 2.67 bits per heavy atom. The lowest BCUT2D eigenvalue weighted by Gasteiger charge is -2.04. The average molecular weight is 235 g/mol. The largest absolute Gasteiger partial charge is 0.465 e. The van der Waals surface area contributed by atoms with Gasteiger partial charge in [0.05, 0.1) is 12.5 Å². The Morgan fingerprint density at radius 1 is 1.67 bits per heavy atom. The van der Waals surface area contributed by atoms with Gasteiger partial charge in [-0.3, -0.25) is 4.79 Å². The summed E-state index contributed by atoms with van der Waals surface area (Å²) < 4.78 is 5.07. The Hall–Kier alpha value is -0.0500. The summed E-state index contributed by atoms with van der Waals surface area (Å²) in [7, 11) is 0. The van der Waals surface area contributed by atoms with Gasteiger partial charge in [0, 0.05) is 5.33 Å². The summed E-state index contributed by atoms with van der Waals surface area (Å²) in [5.74, 6) is 0.147. The summed E-state index contributed by atoms with van der Waals surface area (Å²) in [5, 5.41) is 0.897. The van der Waals surface area contributed by atoms with Crippen molar-refractivity contribution < 1.29 is 9.53 Å². The summed E-state index contributed by atoms with van der Waals surface area (Å²) in [5.41, 5.74) is 0.200. The van der Waals surface area contributed by atoms with Crippen molar-refractivity contribution in [3.63, 3.8) is 0 Å². The molecule has 1 atom stereocenters. The van der Waals surface area contributed by atoms with Gasteiger partial charge < -0.3 is 4.74 Å². The lowest BCUT2D eigenvalue weighted by atomic mass is 10.1. The standard InChI is InChI=1S/C9H15BrO2/c1-9(2)6-7(9)8(11)12-5-3-4-10/h7H,3-6H2,1-2H3. The van der Waals surface area contributed by atoms with Gasteiger partial charge in [0.25, 0.3) is 0 Å². The molecule has 1 aliphatic rings. The molecule has 0 N–H and O–H groups in total. The molecule has 0 bridgehead atoms. The number of alkyl halides is 1. The highest BCUT2D eigenvalue weighted by Gasteiger charge is 2.51. The van der Waals surface area contributed by atoms with E-state index < -0.39 is 0 Å². The summed E-state index contributed by atoms with van der Waals surface area (Å²) in [4.78, 5) is 11.3. The fourth-order valence-corrected chi connectivity index (χ4v) is 1.43. The molecule has 0 aromatic rings. The molecule has 1 unspecified atom stereocenters. The van der Waals surface area contributed by atoms with Gasteiger partial charge in [0.1, 0.15) is 0 Å². The van der Waals surface area contributed by atoms with Crippen LogP contribution in [0.3, 0.4) is 0 Å². The van der Waals surface area contributed by atoms with Crippen LogP contribution in [-0.4, -0.2) is 17.9 Å². The Balaban J connectivity index is 2.14. The maximum atomic E-state index is 11.3. The molecule has 0 radical (unpaired) electrons. The fourth-order valence-electron chi connectivity index (χ4n) is 1.20. The molecule has 12 heavy (non-hydrogen) atoms. The second-order valence-corrected chi connectivity index (χ2v) is 4.75. The molecule has 0 aromatic heterocycles. The van der Waals surface area contributed by atoms with Crippen molar-refractivity contribution in [2.75, 3.05) is 11.9 Å². The smallest absolute Gasteiger partial charge is 0.309 e. The molecule has 0 heterocycles. The van der Waals surface area contributed by atoms with Gasteiger partial charge in [-0.2, -0.15) is 0 Å². The first kappa shape index (κ1) is 10.0.